The van der Waals surface area contributed by atoms with Gasteiger partial charge < -0.3 is 10.2 Å². The molecule has 0 aliphatic rings. The molecule has 0 spiro atoms. The van der Waals surface area contributed by atoms with Gasteiger partial charge in [-0.15, -0.1) is 0 Å². The molecule has 4 nitrogen and oxygen atoms in total. The Hall–Kier alpha value is -1.16. The van der Waals surface area contributed by atoms with Crippen LogP contribution in [-0.2, 0) is 6.54 Å². The molecule has 0 amide bonds. The summed E-state index contributed by atoms with van der Waals surface area (Å²) in [6, 6.07) is 0. The monoisotopic (exact) mass is 208 g/mol. The Morgan fingerprint density at radius 3 is 2.67 bits per heavy atom. The molecule has 0 saturated carbocycles. The third kappa shape index (κ3) is 3.47. The SMILES string of the molecule is CCCNCc1cnc(N(C)C)nc1C. The van der Waals surface area contributed by atoms with E-state index in [0.717, 1.165) is 31.2 Å². The Labute approximate surface area is 91.7 Å². The van der Waals surface area contributed by atoms with Crippen LogP contribution in [0.15, 0.2) is 6.20 Å². The van der Waals surface area contributed by atoms with Gasteiger partial charge in [0, 0.05) is 38.1 Å². The molecule has 1 heterocycles. The highest BCUT2D eigenvalue weighted by Crippen LogP contribution is 2.08. The van der Waals surface area contributed by atoms with E-state index in [1.54, 1.807) is 0 Å². The molecule has 0 fully saturated rings. The van der Waals surface area contributed by atoms with Gasteiger partial charge in [0.25, 0.3) is 0 Å². The summed E-state index contributed by atoms with van der Waals surface area (Å²) in [7, 11) is 3.90. The molecule has 1 rings (SSSR count). The van der Waals surface area contributed by atoms with E-state index in [9.17, 15) is 0 Å². The van der Waals surface area contributed by atoms with Gasteiger partial charge >= 0.3 is 0 Å². The van der Waals surface area contributed by atoms with Crippen LogP contribution in [0.1, 0.15) is 24.6 Å². The highest BCUT2D eigenvalue weighted by Gasteiger charge is 2.03. The summed E-state index contributed by atoms with van der Waals surface area (Å²) in [5.74, 6) is 0.770. The minimum Gasteiger partial charge on any atom is -0.347 e. The van der Waals surface area contributed by atoms with Crippen LogP contribution in [0.3, 0.4) is 0 Å². The second kappa shape index (κ2) is 5.66. The topological polar surface area (TPSA) is 41.1 Å². The molecule has 1 aromatic heterocycles. The number of rotatable bonds is 5. The number of nitrogens with one attached hydrogen (secondary N) is 1. The molecule has 0 saturated heterocycles. The largest absolute Gasteiger partial charge is 0.347 e. The standard InChI is InChI=1S/C11H20N4/c1-5-6-12-7-10-8-13-11(15(3)4)14-9(10)2/h8,12H,5-7H2,1-4H3. The van der Waals surface area contributed by atoms with Crippen LogP contribution in [0.2, 0.25) is 0 Å². The molecule has 15 heavy (non-hydrogen) atoms. The number of anilines is 1. The van der Waals surface area contributed by atoms with E-state index < -0.39 is 0 Å². The smallest absolute Gasteiger partial charge is 0.224 e. The van der Waals surface area contributed by atoms with Crippen molar-refractivity contribution < 1.29 is 0 Å². The predicted molar refractivity (Wildman–Crippen MR) is 63.1 cm³/mol. The lowest BCUT2D eigenvalue weighted by Crippen LogP contribution is -2.17. The third-order valence-electron chi connectivity index (χ3n) is 2.21. The lowest BCUT2D eigenvalue weighted by atomic mass is 10.2. The average Bonchev–Trinajstić information content (AvgIpc) is 2.20. The molecule has 84 valence electrons. The minimum absolute atomic E-state index is 0.770. The Balaban J connectivity index is 2.66. The molecule has 0 atom stereocenters. The van der Waals surface area contributed by atoms with Crippen LogP contribution < -0.4 is 10.2 Å². The van der Waals surface area contributed by atoms with Crippen LogP contribution in [0, 0.1) is 6.92 Å². The summed E-state index contributed by atoms with van der Waals surface area (Å²) in [4.78, 5) is 10.6. The van der Waals surface area contributed by atoms with Crippen molar-refractivity contribution in [3.05, 3.63) is 17.5 Å². The van der Waals surface area contributed by atoms with Gasteiger partial charge in [0.2, 0.25) is 5.95 Å². The number of aryl methyl sites for hydroxylation is 1. The first-order valence-electron chi connectivity index (χ1n) is 5.35. The fourth-order valence-electron chi connectivity index (χ4n) is 1.27. The van der Waals surface area contributed by atoms with Crippen molar-refractivity contribution >= 4 is 5.95 Å². The zero-order valence-corrected chi connectivity index (χ0v) is 10.0. The first-order chi connectivity index (χ1) is 7.15. The summed E-state index contributed by atoms with van der Waals surface area (Å²) in [6.07, 6.45) is 3.05. The minimum atomic E-state index is 0.770. The normalized spacial score (nSPS) is 10.4. The van der Waals surface area contributed by atoms with E-state index >= 15 is 0 Å². The molecule has 0 aromatic carbocycles. The third-order valence-corrected chi connectivity index (χ3v) is 2.21. The van der Waals surface area contributed by atoms with Crippen molar-refractivity contribution in [2.45, 2.75) is 26.8 Å². The van der Waals surface area contributed by atoms with E-state index in [-0.39, 0.29) is 0 Å². The maximum absolute atomic E-state index is 4.43. The Morgan fingerprint density at radius 2 is 2.13 bits per heavy atom. The summed E-state index contributed by atoms with van der Waals surface area (Å²) < 4.78 is 0. The van der Waals surface area contributed by atoms with Crippen molar-refractivity contribution in [2.75, 3.05) is 25.5 Å². The van der Waals surface area contributed by atoms with Gasteiger partial charge in [-0.25, -0.2) is 9.97 Å². The van der Waals surface area contributed by atoms with Crippen LogP contribution in [0.5, 0.6) is 0 Å². The summed E-state index contributed by atoms with van der Waals surface area (Å²) in [6.45, 7) is 6.07. The maximum Gasteiger partial charge on any atom is 0.224 e. The van der Waals surface area contributed by atoms with E-state index in [2.05, 4.69) is 22.2 Å². The summed E-state index contributed by atoms with van der Waals surface area (Å²) >= 11 is 0. The molecule has 0 bridgehead atoms. The summed E-state index contributed by atoms with van der Waals surface area (Å²) in [5.41, 5.74) is 2.23. The zero-order valence-electron chi connectivity index (χ0n) is 10.0. The van der Waals surface area contributed by atoms with Gasteiger partial charge in [-0.05, 0) is 19.9 Å². The predicted octanol–water partition coefficient (Wildman–Crippen LogP) is 1.35. The van der Waals surface area contributed by atoms with E-state index in [4.69, 9.17) is 0 Å². The van der Waals surface area contributed by atoms with Crippen molar-refractivity contribution in [1.29, 1.82) is 0 Å². The van der Waals surface area contributed by atoms with E-state index in [0.29, 0.717) is 0 Å². The van der Waals surface area contributed by atoms with E-state index in [1.807, 2.05) is 32.1 Å². The molecule has 0 aliphatic heterocycles. The van der Waals surface area contributed by atoms with Gasteiger partial charge in [0.15, 0.2) is 0 Å². The number of hydrogen-bond donors (Lipinski definition) is 1. The Morgan fingerprint density at radius 1 is 1.40 bits per heavy atom. The molecule has 4 heteroatoms. The first-order valence-corrected chi connectivity index (χ1v) is 5.35. The molecule has 0 radical (unpaired) electrons. The number of nitrogens with zero attached hydrogens (tertiary/aromatic N) is 3. The lowest BCUT2D eigenvalue weighted by molar-refractivity contribution is 0.668. The molecule has 0 unspecified atom stereocenters. The number of hydrogen-bond acceptors (Lipinski definition) is 4. The summed E-state index contributed by atoms with van der Waals surface area (Å²) in [5, 5.41) is 3.35. The Bertz CT molecular complexity index is 309. The second-order valence-corrected chi connectivity index (χ2v) is 3.85. The molecular formula is C11H20N4. The van der Waals surface area contributed by atoms with Crippen LogP contribution in [0.4, 0.5) is 5.95 Å². The molecular weight excluding hydrogens is 188 g/mol. The fraction of sp³-hybridized carbons (Fsp3) is 0.636. The van der Waals surface area contributed by atoms with Gasteiger partial charge in [-0.3, -0.25) is 0 Å². The quantitative estimate of drug-likeness (QED) is 0.742. The van der Waals surface area contributed by atoms with Crippen molar-refractivity contribution in [3.63, 3.8) is 0 Å². The first kappa shape index (κ1) is 11.9. The van der Waals surface area contributed by atoms with Gasteiger partial charge in [0.05, 0.1) is 0 Å². The van der Waals surface area contributed by atoms with Gasteiger partial charge in [0.1, 0.15) is 0 Å². The van der Waals surface area contributed by atoms with E-state index in [1.165, 1.54) is 5.56 Å². The van der Waals surface area contributed by atoms with Gasteiger partial charge in [-0.2, -0.15) is 0 Å². The van der Waals surface area contributed by atoms with Crippen molar-refractivity contribution in [1.82, 2.24) is 15.3 Å². The Kier molecular flexibility index (Phi) is 4.49. The second-order valence-electron chi connectivity index (χ2n) is 3.85. The highest BCUT2D eigenvalue weighted by atomic mass is 15.2. The lowest BCUT2D eigenvalue weighted by Gasteiger charge is -2.12. The highest BCUT2D eigenvalue weighted by molar-refractivity contribution is 5.30. The molecule has 0 aliphatic carbocycles. The van der Waals surface area contributed by atoms with Crippen molar-refractivity contribution in [3.8, 4) is 0 Å². The molecule has 1 N–H and O–H groups in total. The average molecular weight is 208 g/mol. The fourth-order valence-corrected chi connectivity index (χ4v) is 1.27. The number of aromatic nitrogens is 2. The molecule has 1 aromatic rings. The van der Waals surface area contributed by atoms with Crippen LogP contribution >= 0.6 is 0 Å². The maximum atomic E-state index is 4.43. The van der Waals surface area contributed by atoms with Gasteiger partial charge in [-0.1, -0.05) is 6.92 Å². The van der Waals surface area contributed by atoms with Crippen LogP contribution in [-0.4, -0.2) is 30.6 Å². The van der Waals surface area contributed by atoms with Crippen molar-refractivity contribution in [2.24, 2.45) is 0 Å². The van der Waals surface area contributed by atoms with Crippen LogP contribution in [0.25, 0.3) is 0 Å². The zero-order chi connectivity index (χ0) is 11.3.